The highest BCUT2D eigenvalue weighted by atomic mass is 32.2. The summed E-state index contributed by atoms with van der Waals surface area (Å²) in [6.45, 7) is 6.28. The third-order valence-electron chi connectivity index (χ3n) is 12.2. The van der Waals surface area contributed by atoms with Crippen LogP contribution in [0.25, 0.3) is 10.8 Å². The first-order valence-corrected chi connectivity index (χ1v) is 21.2. The van der Waals surface area contributed by atoms with Gasteiger partial charge in [0.1, 0.15) is 35.3 Å². The number of pyridine rings is 1. The lowest BCUT2D eigenvalue weighted by Crippen LogP contribution is -2.60. The fourth-order valence-electron chi connectivity index (χ4n) is 7.80. The second-order valence-electron chi connectivity index (χ2n) is 17.0. The molecule has 2 saturated carbocycles. The van der Waals surface area contributed by atoms with Crippen LogP contribution in [0.15, 0.2) is 36.5 Å². The van der Waals surface area contributed by atoms with Crippen molar-refractivity contribution in [3.63, 3.8) is 0 Å². The minimum Gasteiger partial charge on any atom is -0.497 e. The molecule has 4 amide bonds. The van der Waals surface area contributed by atoms with E-state index in [0.29, 0.717) is 58.1 Å². The Morgan fingerprint density at radius 1 is 1.12 bits per heavy atom. The fourth-order valence-corrected chi connectivity index (χ4v) is 9.11. The number of carbonyl (C=O) groups is 4. The van der Waals surface area contributed by atoms with Crippen LogP contribution in [0.5, 0.6) is 11.6 Å². The van der Waals surface area contributed by atoms with E-state index in [4.69, 9.17) is 14.2 Å². The van der Waals surface area contributed by atoms with E-state index in [2.05, 4.69) is 20.3 Å². The zero-order valence-electron chi connectivity index (χ0n) is 33.8. The zero-order valence-corrected chi connectivity index (χ0v) is 34.6. The monoisotopic (exact) mass is 853 g/mol. The second kappa shape index (κ2) is 16.1. The number of rotatable bonds is 9. The van der Waals surface area contributed by atoms with Gasteiger partial charge in [0, 0.05) is 23.1 Å². The van der Waals surface area contributed by atoms with Crippen LogP contribution in [0.1, 0.15) is 86.0 Å². The molecular formula is C40H51F4N5O9S. The highest BCUT2D eigenvalue weighted by Gasteiger charge is 2.63. The molecule has 3 fully saturated rings. The van der Waals surface area contributed by atoms with E-state index < -0.39 is 91.7 Å². The maximum absolute atomic E-state index is 14.9. The number of methoxy groups -OCH3 is 1. The third kappa shape index (κ3) is 8.94. The van der Waals surface area contributed by atoms with Gasteiger partial charge in [-0.25, -0.2) is 22.6 Å². The highest BCUT2D eigenvalue weighted by Crippen LogP contribution is 2.48. The van der Waals surface area contributed by atoms with Gasteiger partial charge < -0.3 is 29.7 Å². The van der Waals surface area contributed by atoms with Crippen LogP contribution in [0.3, 0.4) is 0 Å². The Balaban J connectivity index is 1.38. The first kappa shape index (κ1) is 43.9. The first-order chi connectivity index (χ1) is 27.5. The molecule has 14 nitrogen and oxygen atoms in total. The smallest absolute Gasteiger partial charge is 0.427 e. The minimum absolute atomic E-state index is 0.0282. The Morgan fingerprint density at radius 3 is 2.47 bits per heavy atom. The number of fused-ring (bicyclic) bond motifs is 3. The Kier molecular flexibility index (Phi) is 11.9. The number of nitrogens with one attached hydrogen (secondary N) is 3. The van der Waals surface area contributed by atoms with Gasteiger partial charge in [0.05, 0.1) is 24.6 Å². The largest absolute Gasteiger partial charge is 0.497 e. The molecule has 4 aliphatic rings. The van der Waals surface area contributed by atoms with E-state index in [9.17, 15) is 45.2 Å². The molecule has 3 N–H and O–H groups in total. The first-order valence-electron chi connectivity index (χ1n) is 19.8. The Labute approximate surface area is 340 Å². The molecule has 0 bridgehead atoms. The van der Waals surface area contributed by atoms with Crippen LogP contribution in [0, 0.1) is 23.6 Å². The van der Waals surface area contributed by atoms with Crippen molar-refractivity contribution >= 4 is 44.6 Å². The van der Waals surface area contributed by atoms with Crippen LogP contribution in [0.2, 0.25) is 0 Å². The molecule has 324 valence electrons. The van der Waals surface area contributed by atoms with Gasteiger partial charge in [0.2, 0.25) is 33.3 Å². The fraction of sp³-hybridized carbons (Fsp3) is 0.625. The lowest BCUT2D eigenvalue weighted by Gasteiger charge is -2.35. The number of benzene rings is 1. The number of aromatic nitrogens is 1. The summed E-state index contributed by atoms with van der Waals surface area (Å²) in [5.41, 5.74) is -4.60. The maximum Gasteiger partial charge on any atom is 0.427 e. The van der Waals surface area contributed by atoms with E-state index in [1.165, 1.54) is 26.2 Å². The molecule has 1 aromatic heterocycles. The van der Waals surface area contributed by atoms with Gasteiger partial charge in [-0.3, -0.25) is 19.1 Å². The second-order valence-corrected chi connectivity index (χ2v) is 19.2. The number of alkyl carbamates (subject to hydrolysis) is 1. The summed E-state index contributed by atoms with van der Waals surface area (Å²) < 4.78 is 100. The van der Waals surface area contributed by atoms with E-state index in [1.807, 2.05) is 13.0 Å². The molecule has 0 unspecified atom stereocenters. The number of ether oxygens (including phenoxy) is 3. The number of hydrogen-bond donors (Lipinski definition) is 3. The molecule has 59 heavy (non-hydrogen) atoms. The van der Waals surface area contributed by atoms with Gasteiger partial charge in [0.15, 0.2) is 0 Å². The average molecular weight is 854 g/mol. The van der Waals surface area contributed by atoms with Gasteiger partial charge >= 0.3 is 12.3 Å². The number of allylic oxidation sites excluding steroid dienone is 1. The molecule has 6 rings (SSSR count). The molecule has 2 aliphatic heterocycles. The maximum atomic E-state index is 14.9. The summed E-state index contributed by atoms with van der Waals surface area (Å²) in [4.78, 5) is 61.8. The summed E-state index contributed by atoms with van der Waals surface area (Å²) in [6.07, 6.45) is -0.489. The summed E-state index contributed by atoms with van der Waals surface area (Å²) >= 11 is 0. The number of halogens is 4. The summed E-state index contributed by atoms with van der Waals surface area (Å²) in [5, 5.41) is 5.54. The molecule has 7 atom stereocenters. The predicted molar refractivity (Wildman–Crippen MR) is 206 cm³/mol. The van der Waals surface area contributed by atoms with Crippen molar-refractivity contribution in [3.8, 4) is 11.6 Å². The van der Waals surface area contributed by atoms with Crippen molar-refractivity contribution in [2.75, 3.05) is 13.7 Å². The van der Waals surface area contributed by atoms with Crippen LogP contribution >= 0.6 is 0 Å². The zero-order chi connectivity index (χ0) is 43.3. The molecule has 0 radical (unpaired) electrons. The van der Waals surface area contributed by atoms with Gasteiger partial charge in [-0.1, -0.05) is 32.4 Å². The Morgan fingerprint density at radius 2 is 1.83 bits per heavy atom. The number of amides is 4. The van der Waals surface area contributed by atoms with Gasteiger partial charge in [-0.05, 0) is 89.3 Å². The molecule has 1 aromatic carbocycles. The third-order valence-corrected chi connectivity index (χ3v) is 14.4. The summed E-state index contributed by atoms with van der Waals surface area (Å²) in [6, 6.07) is 1.69. The number of nitrogens with zero attached hydrogens (tertiary/aromatic N) is 2. The van der Waals surface area contributed by atoms with Crippen LogP contribution in [-0.2, 0) is 29.1 Å². The van der Waals surface area contributed by atoms with Crippen molar-refractivity contribution in [1.82, 2.24) is 25.2 Å². The van der Waals surface area contributed by atoms with Crippen molar-refractivity contribution in [1.29, 1.82) is 0 Å². The lowest BCUT2D eigenvalue weighted by molar-refractivity contribution is -0.244. The number of sulfonamides is 1. The summed E-state index contributed by atoms with van der Waals surface area (Å²) in [5.74, 6) is -4.17. The average Bonchev–Trinajstić information content (AvgIpc) is 4.04. The molecule has 3 heterocycles. The SMILES string of the molecule is CC[C@@H]1C[C@H](C)CC/C=C\[C@@H]2C[C@@]2(C(=O)NS(=O)(=O)C2(C)CC2)NC(=O)[C@@H]2C[C@@H](Oc3ncc(F)c4cc(OC)ccc34)CN2C(=O)[C@H]1NC(=O)OC(C)(C)C(F)(F)F. The normalized spacial score (nSPS) is 29.2. The minimum atomic E-state index is -4.94. The van der Waals surface area contributed by atoms with Crippen molar-refractivity contribution < 1.29 is 59.4 Å². The van der Waals surface area contributed by atoms with Crippen molar-refractivity contribution in [3.05, 3.63) is 42.4 Å². The lowest BCUT2D eigenvalue weighted by atomic mass is 9.85. The quantitative estimate of drug-likeness (QED) is 0.217. The van der Waals surface area contributed by atoms with Crippen LogP contribution in [0.4, 0.5) is 22.4 Å². The predicted octanol–water partition coefficient (Wildman–Crippen LogP) is 5.44. The van der Waals surface area contributed by atoms with Gasteiger partial charge in [-0.2, -0.15) is 13.2 Å². The molecular weight excluding hydrogens is 803 g/mol. The number of hydrogen-bond acceptors (Lipinski definition) is 10. The highest BCUT2D eigenvalue weighted by molar-refractivity contribution is 7.91. The van der Waals surface area contributed by atoms with E-state index in [1.54, 1.807) is 19.1 Å². The molecule has 1 saturated heterocycles. The van der Waals surface area contributed by atoms with E-state index in [-0.39, 0.29) is 42.0 Å². The van der Waals surface area contributed by atoms with Crippen molar-refractivity contribution in [2.45, 2.75) is 126 Å². The molecule has 2 aromatic rings. The summed E-state index contributed by atoms with van der Waals surface area (Å²) in [7, 11) is -2.69. The van der Waals surface area contributed by atoms with Gasteiger partial charge in [-0.15, -0.1) is 0 Å². The van der Waals surface area contributed by atoms with E-state index in [0.717, 1.165) is 11.1 Å². The molecule has 0 spiro atoms. The standard InChI is InChI=1S/C40H51F4N5O9S/c1-7-23-16-22(2)10-8-9-11-24-19-39(24,35(52)48-59(54,55)38(5)14-15-38)47-32(50)30-18-26(57-33-27-13-12-25(56-6)17-28(27)29(41)20-45-33)21-49(30)34(51)31(23)46-36(53)58-37(3,4)40(42,43)44/h9,11-13,17,20,22-24,26,30-31H,7-8,10,14-16,18-19,21H2,1-6H3,(H,46,53)(H,47,50)(H,48,52)/b11-9-/t22-,23-,24-,26-,30+,31+,39-/m1/s1. The Hall–Kier alpha value is -4.68. The van der Waals surface area contributed by atoms with Crippen LogP contribution in [-0.4, -0.2) is 96.0 Å². The molecule has 19 heteroatoms. The number of alkyl halides is 3. The van der Waals surface area contributed by atoms with Crippen molar-refractivity contribution in [2.24, 2.45) is 17.8 Å². The van der Waals surface area contributed by atoms with E-state index >= 15 is 0 Å². The topological polar surface area (TPSA) is 182 Å². The van der Waals surface area contributed by atoms with Gasteiger partial charge in [0.25, 0.3) is 5.91 Å². The molecule has 2 aliphatic carbocycles. The number of carbonyl (C=O) groups excluding carboxylic acids is 4. The Bertz CT molecular complexity index is 2130. The van der Waals surface area contributed by atoms with Crippen LogP contribution < -0.4 is 24.8 Å².